The number of piperazine rings is 1. The molecule has 2 aromatic rings. The fraction of sp³-hybridized carbons (Fsp3) is 0.444. The van der Waals surface area contributed by atoms with Crippen molar-refractivity contribution in [2.45, 2.75) is 20.0 Å². The fourth-order valence-electron chi connectivity index (χ4n) is 2.79. The second kappa shape index (κ2) is 8.13. The Morgan fingerprint density at radius 2 is 1.84 bits per heavy atom. The van der Waals surface area contributed by atoms with Gasteiger partial charge in [0.1, 0.15) is 5.76 Å². The average Bonchev–Trinajstić information content (AvgIpc) is 3.01. The quantitative estimate of drug-likeness (QED) is 0.869. The SMILES string of the molecule is Cc1cc(NC(=O)NCc2ccc(CN3CCN(C)CC3)cc2)no1. The lowest BCUT2D eigenvalue weighted by molar-refractivity contribution is 0.148. The first-order chi connectivity index (χ1) is 12.1. The van der Waals surface area contributed by atoms with Gasteiger partial charge >= 0.3 is 6.03 Å². The molecule has 0 bridgehead atoms. The average molecular weight is 343 g/mol. The molecular formula is C18H25N5O2. The van der Waals surface area contributed by atoms with Crippen LogP contribution in [0.15, 0.2) is 34.9 Å². The molecule has 0 aliphatic carbocycles. The second-order valence-corrected chi connectivity index (χ2v) is 6.53. The van der Waals surface area contributed by atoms with Crippen LogP contribution in [0, 0.1) is 6.92 Å². The number of aromatic nitrogens is 1. The van der Waals surface area contributed by atoms with Gasteiger partial charge in [-0.05, 0) is 25.1 Å². The fourth-order valence-corrected chi connectivity index (χ4v) is 2.79. The lowest BCUT2D eigenvalue weighted by atomic mass is 10.1. The Morgan fingerprint density at radius 1 is 1.16 bits per heavy atom. The molecule has 1 aromatic heterocycles. The maximum Gasteiger partial charge on any atom is 0.320 e. The molecule has 7 heteroatoms. The summed E-state index contributed by atoms with van der Waals surface area (Å²) in [4.78, 5) is 16.7. The van der Waals surface area contributed by atoms with Crippen molar-refractivity contribution in [2.24, 2.45) is 0 Å². The number of nitrogens with zero attached hydrogens (tertiary/aromatic N) is 3. The third-order valence-electron chi connectivity index (χ3n) is 4.35. The summed E-state index contributed by atoms with van der Waals surface area (Å²) in [5, 5.41) is 9.18. The van der Waals surface area contributed by atoms with Gasteiger partial charge in [-0.2, -0.15) is 0 Å². The molecule has 1 aliphatic rings. The third-order valence-corrected chi connectivity index (χ3v) is 4.35. The highest BCUT2D eigenvalue weighted by Crippen LogP contribution is 2.10. The van der Waals surface area contributed by atoms with Gasteiger partial charge in [0.15, 0.2) is 5.82 Å². The molecule has 0 radical (unpaired) electrons. The van der Waals surface area contributed by atoms with Gasteiger partial charge in [0.25, 0.3) is 0 Å². The normalized spacial score (nSPS) is 15.9. The molecule has 0 spiro atoms. The molecule has 134 valence electrons. The van der Waals surface area contributed by atoms with Gasteiger partial charge in [0.2, 0.25) is 0 Å². The summed E-state index contributed by atoms with van der Waals surface area (Å²) in [6.07, 6.45) is 0. The van der Waals surface area contributed by atoms with Crippen molar-refractivity contribution in [3.05, 3.63) is 47.2 Å². The van der Waals surface area contributed by atoms with Crippen LogP contribution in [0.1, 0.15) is 16.9 Å². The first kappa shape index (κ1) is 17.4. The Labute approximate surface area is 148 Å². The number of aryl methyl sites for hydroxylation is 1. The molecule has 0 unspecified atom stereocenters. The van der Waals surface area contributed by atoms with Crippen LogP contribution >= 0.6 is 0 Å². The second-order valence-electron chi connectivity index (χ2n) is 6.53. The molecule has 2 N–H and O–H groups in total. The van der Waals surface area contributed by atoms with E-state index in [2.05, 4.69) is 56.9 Å². The number of anilines is 1. The van der Waals surface area contributed by atoms with E-state index in [0.29, 0.717) is 18.1 Å². The molecule has 7 nitrogen and oxygen atoms in total. The molecule has 1 fully saturated rings. The Bertz CT molecular complexity index is 690. The van der Waals surface area contributed by atoms with E-state index in [-0.39, 0.29) is 6.03 Å². The van der Waals surface area contributed by atoms with Gasteiger partial charge in [-0.3, -0.25) is 10.2 Å². The van der Waals surface area contributed by atoms with Crippen LogP contribution in [0.3, 0.4) is 0 Å². The zero-order valence-corrected chi connectivity index (χ0v) is 14.8. The summed E-state index contributed by atoms with van der Waals surface area (Å²) in [7, 11) is 2.17. The van der Waals surface area contributed by atoms with Crippen LogP contribution in [0.2, 0.25) is 0 Å². The Balaban J connectivity index is 1.43. The van der Waals surface area contributed by atoms with Gasteiger partial charge in [-0.1, -0.05) is 29.4 Å². The summed E-state index contributed by atoms with van der Waals surface area (Å²) in [5.74, 6) is 1.07. The summed E-state index contributed by atoms with van der Waals surface area (Å²) >= 11 is 0. The van der Waals surface area contributed by atoms with E-state index in [1.165, 1.54) is 5.56 Å². The molecule has 1 saturated heterocycles. The van der Waals surface area contributed by atoms with Crippen molar-refractivity contribution < 1.29 is 9.32 Å². The highest BCUT2D eigenvalue weighted by atomic mass is 16.5. The zero-order valence-electron chi connectivity index (χ0n) is 14.8. The maximum absolute atomic E-state index is 11.8. The lowest BCUT2D eigenvalue weighted by Gasteiger charge is -2.32. The molecule has 1 aromatic carbocycles. The van der Waals surface area contributed by atoms with Gasteiger partial charge in [-0.15, -0.1) is 0 Å². The van der Waals surface area contributed by atoms with Crippen molar-refractivity contribution >= 4 is 11.8 Å². The summed E-state index contributed by atoms with van der Waals surface area (Å²) < 4.78 is 4.91. The standard InChI is InChI=1S/C18H25N5O2/c1-14-11-17(21-25-14)20-18(24)19-12-15-3-5-16(6-4-15)13-23-9-7-22(2)8-10-23/h3-6,11H,7-10,12-13H2,1-2H3,(H2,19,20,21,24). The number of amides is 2. The monoisotopic (exact) mass is 343 g/mol. The minimum absolute atomic E-state index is 0.296. The van der Waals surface area contributed by atoms with E-state index in [1.807, 2.05) is 0 Å². The van der Waals surface area contributed by atoms with Gasteiger partial charge in [0, 0.05) is 45.3 Å². The summed E-state index contributed by atoms with van der Waals surface area (Å²) in [6, 6.07) is 9.77. The minimum Gasteiger partial charge on any atom is -0.360 e. The first-order valence-corrected chi connectivity index (χ1v) is 8.55. The van der Waals surface area contributed by atoms with E-state index in [0.717, 1.165) is 38.3 Å². The van der Waals surface area contributed by atoms with Crippen molar-refractivity contribution in [3.63, 3.8) is 0 Å². The van der Waals surface area contributed by atoms with Gasteiger partial charge < -0.3 is 14.7 Å². The molecular weight excluding hydrogens is 318 g/mol. The number of hydrogen-bond donors (Lipinski definition) is 2. The van der Waals surface area contributed by atoms with Crippen LogP contribution < -0.4 is 10.6 Å². The number of carbonyl (C=O) groups excluding carboxylic acids is 1. The molecule has 2 amide bonds. The molecule has 1 aliphatic heterocycles. The topological polar surface area (TPSA) is 73.6 Å². The van der Waals surface area contributed by atoms with E-state index in [1.54, 1.807) is 13.0 Å². The van der Waals surface area contributed by atoms with Crippen molar-refractivity contribution in [3.8, 4) is 0 Å². The highest BCUT2D eigenvalue weighted by Gasteiger charge is 2.13. The van der Waals surface area contributed by atoms with Crippen LogP contribution in [0.4, 0.5) is 10.6 Å². The predicted molar refractivity (Wildman–Crippen MR) is 96.3 cm³/mol. The van der Waals surface area contributed by atoms with E-state index >= 15 is 0 Å². The van der Waals surface area contributed by atoms with E-state index in [9.17, 15) is 4.79 Å². The maximum atomic E-state index is 11.8. The molecule has 25 heavy (non-hydrogen) atoms. The highest BCUT2D eigenvalue weighted by molar-refractivity contribution is 5.88. The van der Waals surface area contributed by atoms with E-state index < -0.39 is 0 Å². The molecule has 0 atom stereocenters. The first-order valence-electron chi connectivity index (χ1n) is 8.55. The lowest BCUT2D eigenvalue weighted by Crippen LogP contribution is -2.43. The van der Waals surface area contributed by atoms with E-state index in [4.69, 9.17) is 4.52 Å². The Morgan fingerprint density at radius 3 is 2.48 bits per heavy atom. The number of rotatable bonds is 5. The number of nitrogens with one attached hydrogen (secondary N) is 2. The third kappa shape index (κ3) is 5.30. The number of hydrogen-bond acceptors (Lipinski definition) is 5. The van der Waals surface area contributed by atoms with Gasteiger partial charge in [-0.25, -0.2) is 4.79 Å². The summed E-state index contributed by atoms with van der Waals surface area (Å²) in [6.45, 7) is 7.71. The van der Waals surface area contributed by atoms with Crippen molar-refractivity contribution in [1.29, 1.82) is 0 Å². The predicted octanol–water partition coefficient (Wildman–Crippen LogP) is 2.05. The number of urea groups is 1. The largest absolute Gasteiger partial charge is 0.360 e. The van der Waals surface area contributed by atoms with Crippen LogP contribution in [0.25, 0.3) is 0 Å². The van der Waals surface area contributed by atoms with Crippen LogP contribution in [-0.2, 0) is 13.1 Å². The number of benzene rings is 1. The van der Waals surface area contributed by atoms with Crippen LogP contribution in [-0.4, -0.2) is 54.2 Å². The van der Waals surface area contributed by atoms with Gasteiger partial charge in [0.05, 0.1) is 0 Å². The molecule has 2 heterocycles. The summed E-state index contributed by atoms with van der Waals surface area (Å²) in [5.41, 5.74) is 2.37. The Kier molecular flexibility index (Phi) is 5.67. The molecule has 3 rings (SSSR count). The number of carbonyl (C=O) groups is 1. The van der Waals surface area contributed by atoms with Crippen molar-refractivity contribution in [2.75, 3.05) is 38.5 Å². The Hall–Kier alpha value is -2.38. The smallest absolute Gasteiger partial charge is 0.320 e. The van der Waals surface area contributed by atoms with Crippen LogP contribution in [0.5, 0.6) is 0 Å². The molecule has 0 saturated carbocycles. The minimum atomic E-state index is -0.296. The number of likely N-dealkylation sites (N-methyl/N-ethyl adjacent to an activating group) is 1. The zero-order chi connectivity index (χ0) is 17.6. The van der Waals surface area contributed by atoms with Crippen molar-refractivity contribution in [1.82, 2.24) is 20.3 Å².